The first-order chi connectivity index (χ1) is 16.6. The Bertz CT molecular complexity index is 546. The predicted octanol–water partition coefficient (Wildman–Crippen LogP) is 12.0. The molecule has 1 aromatic rings. The van der Waals surface area contributed by atoms with E-state index in [4.69, 9.17) is 0 Å². The molecule has 0 amide bonds. The van der Waals surface area contributed by atoms with Gasteiger partial charge in [-0.1, -0.05) is 0 Å². The number of rotatable bonds is 24. The number of hydrogen-bond acceptors (Lipinski definition) is 0. The van der Waals surface area contributed by atoms with Gasteiger partial charge in [-0.2, -0.15) is 0 Å². The van der Waals surface area contributed by atoms with Crippen LogP contribution in [0.4, 0.5) is 0 Å². The fourth-order valence-electron chi connectivity index (χ4n) is 5.94. The van der Waals surface area contributed by atoms with Crippen molar-refractivity contribution in [1.29, 1.82) is 0 Å². The first-order valence-corrected chi connectivity index (χ1v) is 18.4. The van der Waals surface area contributed by atoms with Gasteiger partial charge in [-0.15, -0.1) is 0 Å². The van der Waals surface area contributed by atoms with Crippen LogP contribution in [0.3, 0.4) is 0 Å². The first-order valence-electron chi connectivity index (χ1n) is 15.3. The van der Waals surface area contributed by atoms with E-state index in [1.807, 2.05) is 0 Å². The van der Waals surface area contributed by atoms with E-state index in [2.05, 4.69) is 63.5 Å². The van der Waals surface area contributed by atoms with E-state index in [-0.39, 0.29) is 0 Å². The number of benzene rings is 1. The van der Waals surface area contributed by atoms with Gasteiger partial charge < -0.3 is 0 Å². The SMILES string of the molecule is C=CP(CCCCCCCC)(CCCCCCCC)(CCCCCCCC)Cc1ccccc1. The van der Waals surface area contributed by atoms with Crippen molar-refractivity contribution in [3.8, 4) is 0 Å². The molecule has 0 saturated carbocycles. The van der Waals surface area contributed by atoms with Crippen molar-refractivity contribution in [2.75, 3.05) is 18.5 Å². The second-order valence-corrected chi connectivity index (χ2v) is 17.5. The molecule has 0 bridgehead atoms. The Morgan fingerprint density at radius 3 is 1.24 bits per heavy atom. The van der Waals surface area contributed by atoms with Crippen molar-refractivity contribution in [3.63, 3.8) is 0 Å². The van der Waals surface area contributed by atoms with Crippen LogP contribution in [0.2, 0.25) is 0 Å². The fourth-order valence-corrected chi connectivity index (χ4v) is 12.2. The van der Waals surface area contributed by atoms with Crippen molar-refractivity contribution < 1.29 is 0 Å². The average Bonchev–Trinajstić information content (AvgIpc) is 2.86. The van der Waals surface area contributed by atoms with E-state index >= 15 is 0 Å². The molecule has 0 nitrogen and oxygen atoms in total. The van der Waals surface area contributed by atoms with E-state index in [9.17, 15) is 0 Å². The molecule has 0 unspecified atom stereocenters. The summed E-state index contributed by atoms with van der Waals surface area (Å²) < 4.78 is 0. The van der Waals surface area contributed by atoms with Gasteiger partial charge in [-0.05, 0) is 0 Å². The van der Waals surface area contributed by atoms with Gasteiger partial charge in [-0.25, -0.2) is 0 Å². The van der Waals surface area contributed by atoms with Crippen molar-refractivity contribution in [2.45, 2.75) is 143 Å². The molecule has 0 spiro atoms. The van der Waals surface area contributed by atoms with Crippen molar-refractivity contribution in [1.82, 2.24) is 0 Å². The molecule has 1 rings (SSSR count). The van der Waals surface area contributed by atoms with E-state index in [0.717, 1.165) is 0 Å². The van der Waals surface area contributed by atoms with Crippen LogP contribution in [0.25, 0.3) is 0 Å². The Kier molecular flexibility index (Phi) is 18.1. The normalized spacial score (nSPS) is 13.0. The maximum absolute atomic E-state index is 4.64. The van der Waals surface area contributed by atoms with Gasteiger partial charge in [0.2, 0.25) is 0 Å². The molecule has 0 aromatic heterocycles. The molecule has 0 atom stereocenters. The molecule has 0 aliphatic heterocycles. The summed E-state index contributed by atoms with van der Waals surface area (Å²) in [6, 6.07) is 11.5. The topological polar surface area (TPSA) is 0 Å². The van der Waals surface area contributed by atoms with E-state index in [0.29, 0.717) is 0 Å². The van der Waals surface area contributed by atoms with Crippen LogP contribution < -0.4 is 0 Å². The predicted molar refractivity (Wildman–Crippen MR) is 162 cm³/mol. The molecule has 1 aromatic carbocycles. The minimum atomic E-state index is -2.00. The Morgan fingerprint density at radius 1 is 0.529 bits per heavy atom. The molecular weight excluding hydrogens is 427 g/mol. The summed E-state index contributed by atoms with van der Waals surface area (Å²) >= 11 is 0. The van der Waals surface area contributed by atoms with Gasteiger partial charge in [-0.3, -0.25) is 0 Å². The summed E-state index contributed by atoms with van der Waals surface area (Å²) in [6.07, 6.45) is 31.0. The Morgan fingerprint density at radius 2 is 0.882 bits per heavy atom. The molecule has 1 heteroatoms. The molecule has 0 saturated heterocycles. The molecular formula is C33H61P. The zero-order valence-corrected chi connectivity index (χ0v) is 24.6. The van der Waals surface area contributed by atoms with Crippen LogP contribution in [0, 0.1) is 0 Å². The summed E-state index contributed by atoms with van der Waals surface area (Å²) in [6.45, 7) is 9.61. The second-order valence-electron chi connectivity index (χ2n) is 11.4. The summed E-state index contributed by atoms with van der Waals surface area (Å²) in [5.41, 5.74) is 1.57. The molecule has 0 aliphatic carbocycles. The average molecular weight is 489 g/mol. The zero-order chi connectivity index (χ0) is 24.8. The van der Waals surface area contributed by atoms with Gasteiger partial charge in [0.1, 0.15) is 0 Å². The Hall–Kier alpha value is -0.610. The minimum absolute atomic E-state index is 1.31. The van der Waals surface area contributed by atoms with Crippen LogP contribution in [0.15, 0.2) is 42.7 Å². The summed E-state index contributed by atoms with van der Waals surface area (Å²) in [4.78, 5) is 0. The number of unbranched alkanes of at least 4 members (excludes halogenated alkanes) is 15. The Balaban J connectivity index is 2.97. The monoisotopic (exact) mass is 488 g/mol. The van der Waals surface area contributed by atoms with Crippen molar-refractivity contribution >= 4 is 6.60 Å². The van der Waals surface area contributed by atoms with Gasteiger partial charge in [0.15, 0.2) is 0 Å². The molecule has 0 radical (unpaired) electrons. The second kappa shape index (κ2) is 19.6. The van der Waals surface area contributed by atoms with Crippen molar-refractivity contribution in [2.24, 2.45) is 0 Å². The van der Waals surface area contributed by atoms with Crippen LogP contribution in [0.5, 0.6) is 0 Å². The van der Waals surface area contributed by atoms with Crippen LogP contribution in [0.1, 0.15) is 142 Å². The molecule has 198 valence electrons. The third kappa shape index (κ3) is 12.9. The van der Waals surface area contributed by atoms with Gasteiger partial charge >= 0.3 is 216 Å². The molecule has 34 heavy (non-hydrogen) atoms. The van der Waals surface area contributed by atoms with Gasteiger partial charge in [0.05, 0.1) is 0 Å². The quantitative estimate of drug-likeness (QED) is 0.100. The van der Waals surface area contributed by atoms with Crippen molar-refractivity contribution in [3.05, 3.63) is 48.3 Å². The van der Waals surface area contributed by atoms with Crippen LogP contribution >= 0.6 is 6.60 Å². The van der Waals surface area contributed by atoms with Crippen LogP contribution in [-0.2, 0) is 6.16 Å². The third-order valence-electron chi connectivity index (χ3n) is 8.31. The Labute approximate surface area is 215 Å². The summed E-state index contributed by atoms with van der Waals surface area (Å²) in [5.74, 6) is 2.60. The first kappa shape index (κ1) is 31.4. The molecule has 0 aliphatic rings. The van der Waals surface area contributed by atoms with Crippen LogP contribution in [-0.4, -0.2) is 18.5 Å². The van der Waals surface area contributed by atoms with E-state index in [1.54, 1.807) is 5.56 Å². The number of hydrogen-bond donors (Lipinski definition) is 0. The van der Waals surface area contributed by atoms with Gasteiger partial charge in [0.25, 0.3) is 0 Å². The molecule has 0 N–H and O–H groups in total. The maximum atomic E-state index is 4.64. The summed E-state index contributed by atoms with van der Waals surface area (Å²) in [5, 5.41) is 0. The van der Waals surface area contributed by atoms with Gasteiger partial charge in [0, 0.05) is 0 Å². The third-order valence-corrected chi connectivity index (χ3v) is 15.1. The fraction of sp³-hybridized carbons (Fsp3) is 0.758. The molecule has 0 heterocycles. The zero-order valence-electron chi connectivity index (χ0n) is 23.7. The van der Waals surface area contributed by atoms with E-state index < -0.39 is 6.60 Å². The molecule has 0 fully saturated rings. The standard InChI is InChI=1S/C33H61P/c1-5-9-12-15-18-24-29-34(8-4,30-25-19-16-13-10-6-2,31-26-20-17-14-11-7-3)32-33-27-22-21-23-28-33/h8,21-23,27-28H,4-7,9-20,24-26,29-32H2,1-3H3. The van der Waals surface area contributed by atoms with E-state index in [1.165, 1.54) is 140 Å². The summed E-state index contributed by atoms with van der Waals surface area (Å²) in [7, 11) is 0.